The summed E-state index contributed by atoms with van der Waals surface area (Å²) in [5.74, 6) is -2.19. The predicted molar refractivity (Wildman–Crippen MR) is 191 cm³/mol. The quantitative estimate of drug-likeness (QED) is 0.0447. The van der Waals surface area contributed by atoms with E-state index >= 15 is 0 Å². The summed E-state index contributed by atoms with van der Waals surface area (Å²) >= 11 is 2.26. The Labute approximate surface area is 310 Å². The zero-order valence-electron chi connectivity index (χ0n) is 27.9. The van der Waals surface area contributed by atoms with E-state index in [9.17, 15) is 19.2 Å². The number of oxime groups is 1. The molecule has 53 heavy (non-hydrogen) atoms. The molecule has 0 saturated carbocycles. The van der Waals surface area contributed by atoms with Crippen LogP contribution in [-0.2, 0) is 35.3 Å². The average Bonchev–Trinajstić information content (AvgIpc) is 3.61. The molecule has 3 amide bonds. The molecule has 0 spiro atoms. The average molecular weight is 757 g/mol. The second-order valence-electron chi connectivity index (χ2n) is 11.1. The molecule has 1 unspecified atom stereocenters. The van der Waals surface area contributed by atoms with Gasteiger partial charge in [-0.1, -0.05) is 71.9 Å². The van der Waals surface area contributed by atoms with Crippen LogP contribution < -0.4 is 26.5 Å². The maximum atomic E-state index is 14.2. The van der Waals surface area contributed by atoms with Crippen molar-refractivity contribution in [2.75, 3.05) is 18.6 Å². The summed E-state index contributed by atoms with van der Waals surface area (Å²) in [5, 5.41) is 14.2. The van der Waals surface area contributed by atoms with E-state index in [4.69, 9.17) is 30.9 Å². The molecule has 0 bridgehead atoms. The van der Waals surface area contributed by atoms with Crippen molar-refractivity contribution in [2.45, 2.75) is 24.1 Å². The second kappa shape index (κ2) is 17.7. The number of fused-ring (bicyclic) bond motifs is 1. The van der Waals surface area contributed by atoms with Gasteiger partial charge >= 0.3 is 5.97 Å². The van der Waals surface area contributed by atoms with Crippen molar-refractivity contribution in [1.29, 1.82) is 0 Å². The number of esters is 1. The minimum absolute atomic E-state index is 0.0432. The number of pyridine rings is 1. The molecule has 4 heterocycles. The fourth-order valence-electron chi connectivity index (χ4n) is 5.38. The lowest BCUT2D eigenvalue weighted by Crippen LogP contribution is -2.71. The first-order valence-electron chi connectivity index (χ1n) is 15.7. The summed E-state index contributed by atoms with van der Waals surface area (Å²) in [6.45, 7) is -0.0982. The van der Waals surface area contributed by atoms with Crippen LogP contribution in [0, 0.1) is 0 Å². The number of carboxylic acid groups (broad SMARTS) is 1. The lowest BCUT2D eigenvalue weighted by Gasteiger charge is -2.49. The molecule has 2 aromatic heterocycles. The molecule has 2 aliphatic rings. The zero-order valence-corrected chi connectivity index (χ0v) is 29.6. The summed E-state index contributed by atoms with van der Waals surface area (Å²) in [4.78, 5) is 71.2. The number of β-lactam (4-membered cyclic amide) rings is 1. The lowest BCUT2D eigenvalue weighted by molar-refractivity contribution is -0.687. The number of carbonyl (C=O) groups is 5. The van der Waals surface area contributed by atoms with E-state index in [1.54, 1.807) is 30.6 Å². The molecular formula is C35H32N8O8S2. The number of primary amides is 1. The number of nitrogens with one attached hydrogen (secondary N) is 1. The number of carbonyl (C=O) groups excluding carboxylic acids is 5. The van der Waals surface area contributed by atoms with E-state index in [1.165, 1.54) is 23.8 Å². The van der Waals surface area contributed by atoms with Gasteiger partial charge in [0.1, 0.15) is 24.2 Å². The highest BCUT2D eigenvalue weighted by Gasteiger charge is 2.55. The number of allylic oxidation sites excluding steroid dienone is 2. The molecule has 2 aromatic carbocycles. The molecule has 18 heteroatoms. The number of aromatic nitrogens is 3. The molecule has 4 aromatic rings. The summed E-state index contributed by atoms with van der Waals surface area (Å²) in [6, 6.07) is 20.9. The Balaban J connectivity index is 0.00000175. The second-order valence-corrected chi connectivity index (χ2v) is 13.0. The monoisotopic (exact) mass is 756 g/mol. The Morgan fingerprint density at radius 1 is 1.09 bits per heavy atom. The predicted octanol–water partition coefficient (Wildman–Crippen LogP) is 0.467. The Bertz CT molecular complexity index is 2020. The molecular weight excluding hydrogens is 725 g/mol. The van der Waals surface area contributed by atoms with Gasteiger partial charge in [-0.3, -0.25) is 19.3 Å². The first-order chi connectivity index (χ1) is 25.7. The van der Waals surface area contributed by atoms with Gasteiger partial charge in [-0.15, -0.1) is 11.8 Å². The van der Waals surface area contributed by atoms with E-state index in [0.717, 1.165) is 22.7 Å². The van der Waals surface area contributed by atoms with Crippen molar-refractivity contribution < 1.29 is 43.2 Å². The van der Waals surface area contributed by atoms with Crippen LogP contribution in [0.3, 0.4) is 0 Å². The fourth-order valence-corrected chi connectivity index (χ4v) is 7.14. The van der Waals surface area contributed by atoms with Crippen LogP contribution in [0.2, 0.25) is 0 Å². The Hall–Kier alpha value is -6.40. The van der Waals surface area contributed by atoms with Gasteiger partial charge in [-0.05, 0) is 22.8 Å². The van der Waals surface area contributed by atoms with Crippen molar-refractivity contribution in [3.63, 3.8) is 0 Å². The number of nitrogens with two attached hydrogens (primary N) is 2. The van der Waals surface area contributed by atoms with Crippen molar-refractivity contribution >= 4 is 64.3 Å². The van der Waals surface area contributed by atoms with Crippen molar-refractivity contribution in [3.05, 3.63) is 131 Å². The number of rotatable bonds is 12. The van der Waals surface area contributed by atoms with Gasteiger partial charge in [0.15, 0.2) is 30.2 Å². The standard InChI is InChI=1S/C34H30N8O6S2.CH2O2/c1-47-39-24(29-38-34(36)50-40-29)30(44)37-25-31(45)42-26(33(46)48-27(20-9-4-2-5-10-20)21-11-6-3-7-12-21)23(19-49-32(25)42)13-8-16-41-17-14-22(15-18-41)28(35)43;2-1-3/h2-15,17-18,25,27,32H,16,19H2,1H3,(H4-,35,36,37,38,40,43,44);1H,(H,2,3)/t25?,32-;/m0./s1. The van der Waals surface area contributed by atoms with Gasteiger partial charge in [0.2, 0.25) is 17.4 Å². The number of anilines is 1. The van der Waals surface area contributed by atoms with Crippen LogP contribution in [0.15, 0.2) is 114 Å². The minimum atomic E-state index is -0.989. The number of amides is 3. The van der Waals surface area contributed by atoms with Gasteiger partial charge in [0.25, 0.3) is 11.8 Å². The van der Waals surface area contributed by atoms with E-state index in [-0.39, 0.29) is 22.4 Å². The van der Waals surface area contributed by atoms with Crippen LogP contribution >= 0.6 is 23.3 Å². The van der Waals surface area contributed by atoms with Crippen LogP contribution in [0.5, 0.6) is 0 Å². The van der Waals surface area contributed by atoms with Gasteiger partial charge < -0.3 is 36.3 Å². The third kappa shape index (κ3) is 8.92. The van der Waals surface area contributed by atoms with Crippen molar-refractivity contribution in [3.8, 4) is 0 Å². The highest BCUT2D eigenvalue weighted by Crippen LogP contribution is 2.42. The molecule has 272 valence electrons. The molecule has 6 rings (SSSR count). The van der Waals surface area contributed by atoms with Crippen LogP contribution in [0.25, 0.3) is 0 Å². The molecule has 2 aliphatic heterocycles. The Morgan fingerprint density at radius 2 is 1.72 bits per heavy atom. The minimum Gasteiger partial charge on any atom is -0.554 e. The molecule has 0 aliphatic carbocycles. The van der Waals surface area contributed by atoms with Gasteiger partial charge in [-0.2, -0.15) is 9.36 Å². The topological polar surface area (TPSA) is 236 Å². The molecule has 0 radical (unpaired) electrons. The summed E-state index contributed by atoms with van der Waals surface area (Å²) in [6.07, 6.45) is 6.28. The molecule has 1 saturated heterocycles. The van der Waals surface area contributed by atoms with E-state index in [1.807, 2.05) is 71.3 Å². The van der Waals surface area contributed by atoms with Crippen molar-refractivity contribution in [2.24, 2.45) is 10.9 Å². The van der Waals surface area contributed by atoms with Gasteiger partial charge in [0.05, 0.1) is 5.56 Å². The third-order valence-corrected chi connectivity index (χ3v) is 9.61. The largest absolute Gasteiger partial charge is 0.554 e. The Kier molecular flexibility index (Phi) is 12.6. The van der Waals surface area contributed by atoms with Crippen LogP contribution in [-0.4, -0.2) is 74.4 Å². The van der Waals surface area contributed by atoms with E-state index < -0.39 is 47.7 Å². The van der Waals surface area contributed by atoms with Gasteiger partial charge in [0, 0.05) is 35.9 Å². The maximum absolute atomic E-state index is 14.2. The zero-order chi connectivity index (χ0) is 37.9. The summed E-state index contributed by atoms with van der Waals surface area (Å²) < 4.78 is 12.1. The first kappa shape index (κ1) is 37.8. The first-order valence-corrected chi connectivity index (χ1v) is 17.5. The lowest BCUT2D eigenvalue weighted by atomic mass is 10.0. The normalized spacial score (nSPS) is 16.6. The number of hydrogen-bond acceptors (Lipinski definition) is 14. The highest BCUT2D eigenvalue weighted by molar-refractivity contribution is 8.00. The fraction of sp³-hybridized carbons (Fsp3) is 0.171. The van der Waals surface area contributed by atoms with E-state index in [0.29, 0.717) is 23.4 Å². The molecule has 16 nitrogen and oxygen atoms in total. The summed E-state index contributed by atoms with van der Waals surface area (Å²) in [5.41, 5.74) is 13.3. The number of hydrogen-bond donors (Lipinski definition) is 3. The van der Waals surface area contributed by atoms with Crippen molar-refractivity contribution in [1.82, 2.24) is 19.6 Å². The number of thioether (sulfide) groups is 1. The summed E-state index contributed by atoms with van der Waals surface area (Å²) in [7, 11) is 1.26. The van der Waals surface area contributed by atoms with E-state index in [2.05, 4.69) is 19.8 Å². The van der Waals surface area contributed by atoms with Crippen LogP contribution in [0.4, 0.5) is 5.13 Å². The molecule has 1 fully saturated rings. The number of ether oxygens (including phenoxy) is 1. The SMILES string of the molecule is CON=C(C(=O)NC1C(=O)N2C(C(=O)OC(c3ccccc3)c3ccccc3)=C(C=CC[n+]3ccc(C(N)=O)cc3)CS[C@@H]12)c1nsc(N)n1.O=C[O-]. The number of benzene rings is 2. The third-order valence-electron chi connectivity index (χ3n) is 7.77. The number of nitrogen functional groups attached to an aromatic ring is 1. The highest BCUT2D eigenvalue weighted by atomic mass is 32.2. The smallest absolute Gasteiger partial charge is 0.356 e. The maximum Gasteiger partial charge on any atom is 0.356 e. The van der Waals surface area contributed by atoms with Crippen LogP contribution in [0.1, 0.15) is 33.4 Å². The molecule has 5 N–H and O–H groups in total. The Morgan fingerprint density at radius 3 is 2.26 bits per heavy atom. The molecule has 2 atom stereocenters. The number of nitrogens with zero attached hydrogens (tertiary/aromatic N) is 5. The van der Waals surface area contributed by atoms with Gasteiger partial charge in [-0.25, -0.2) is 9.36 Å².